The number of hydrogen-bond acceptors (Lipinski definition) is 4. The van der Waals surface area contributed by atoms with Gasteiger partial charge in [0.05, 0.1) is 18.1 Å². The number of benzene rings is 1. The molecular weight excluding hydrogens is 286 g/mol. The fourth-order valence-corrected chi connectivity index (χ4v) is 2.49. The van der Waals surface area contributed by atoms with Gasteiger partial charge >= 0.3 is 0 Å². The lowest BCUT2D eigenvalue weighted by Gasteiger charge is -2.08. The Kier molecular flexibility index (Phi) is 4.37. The van der Waals surface area contributed by atoms with Gasteiger partial charge in [0.25, 0.3) is 0 Å². The van der Waals surface area contributed by atoms with Gasteiger partial charge in [0.1, 0.15) is 5.82 Å². The summed E-state index contributed by atoms with van der Waals surface area (Å²) in [5.74, 6) is 1.47. The number of aromatic nitrogens is 4. The van der Waals surface area contributed by atoms with Crippen molar-refractivity contribution in [2.24, 2.45) is 0 Å². The maximum absolute atomic E-state index is 4.59. The molecule has 0 aliphatic heterocycles. The van der Waals surface area contributed by atoms with E-state index in [9.17, 15) is 0 Å². The summed E-state index contributed by atoms with van der Waals surface area (Å²) < 4.78 is 1.81. The van der Waals surface area contributed by atoms with Gasteiger partial charge in [-0.3, -0.25) is 4.98 Å². The van der Waals surface area contributed by atoms with Gasteiger partial charge in [-0.05, 0) is 37.5 Å². The molecule has 0 atom stereocenters. The minimum absolute atomic E-state index is 0.721. The Morgan fingerprint density at radius 1 is 1.04 bits per heavy atom. The molecule has 1 N–H and O–H groups in total. The Bertz CT molecular complexity index is 789. The zero-order valence-electron chi connectivity index (χ0n) is 13.7. The zero-order valence-corrected chi connectivity index (χ0v) is 13.7. The number of aryl methyl sites for hydroxylation is 3. The van der Waals surface area contributed by atoms with E-state index < -0.39 is 0 Å². The fraction of sp³-hybridized carbons (Fsp3) is 0.278. The van der Waals surface area contributed by atoms with Crippen LogP contribution in [0.2, 0.25) is 0 Å². The predicted molar refractivity (Wildman–Crippen MR) is 91.8 cm³/mol. The first-order valence-electron chi connectivity index (χ1n) is 7.83. The molecule has 0 fully saturated rings. The van der Waals surface area contributed by atoms with Crippen LogP contribution in [0.4, 0.5) is 5.82 Å². The van der Waals surface area contributed by atoms with Crippen LogP contribution >= 0.6 is 0 Å². The maximum Gasteiger partial charge on any atom is 0.174 e. The summed E-state index contributed by atoms with van der Waals surface area (Å²) >= 11 is 0. The first kappa shape index (κ1) is 15.2. The van der Waals surface area contributed by atoms with E-state index in [-0.39, 0.29) is 0 Å². The molecule has 0 saturated carbocycles. The average Bonchev–Trinajstić information content (AvgIpc) is 2.92. The largest absolute Gasteiger partial charge is 0.365 e. The van der Waals surface area contributed by atoms with Crippen molar-refractivity contribution in [2.75, 3.05) is 5.32 Å². The van der Waals surface area contributed by atoms with Gasteiger partial charge in [0.2, 0.25) is 0 Å². The van der Waals surface area contributed by atoms with Crippen LogP contribution in [0, 0.1) is 13.8 Å². The fourth-order valence-electron chi connectivity index (χ4n) is 2.49. The van der Waals surface area contributed by atoms with E-state index in [1.165, 1.54) is 11.1 Å². The Morgan fingerprint density at radius 2 is 1.78 bits per heavy atom. The number of nitrogens with one attached hydrogen (secondary N) is 1. The molecule has 2 heterocycles. The Balaban J connectivity index is 1.73. The lowest BCUT2D eigenvalue weighted by molar-refractivity contribution is 0.799. The Hall–Kier alpha value is -2.69. The third-order valence-electron chi connectivity index (χ3n) is 3.75. The van der Waals surface area contributed by atoms with Crippen molar-refractivity contribution in [3.8, 4) is 5.82 Å². The highest BCUT2D eigenvalue weighted by Crippen LogP contribution is 2.12. The summed E-state index contributed by atoms with van der Waals surface area (Å²) in [6, 6.07) is 10.6. The molecule has 3 rings (SSSR count). The molecule has 0 radical (unpaired) electrons. The normalized spacial score (nSPS) is 10.7. The van der Waals surface area contributed by atoms with E-state index in [4.69, 9.17) is 0 Å². The van der Waals surface area contributed by atoms with Crippen molar-refractivity contribution in [3.05, 3.63) is 65.2 Å². The third-order valence-corrected chi connectivity index (χ3v) is 3.75. The van der Waals surface area contributed by atoms with E-state index >= 15 is 0 Å². The first-order chi connectivity index (χ1) is 11.2. The van der Waals surface area contributed by atoms with Crippen molar-refractivity contribution in [1.29, 1.82) is 0 Å². The SMILES string of the molecule is CCc1ccc(CNc2cncc(-n3nc(C)cc3C)n2)cc1. The summed E-state index contributed by atoms with van der Waals surface area (Å²) in [6.07, 6.45) is 4.51. The van der Waals surface area contributed by atoms with Crippen LogP contribution in [-0.4, -0.2) is 19.7 Å². The molecule has 1 aromatic carbocycles. The molecule has 23 heavy (non-hydrogen) atoms. The monoisotopic (exact) mass is 307 g/mol. The van der Waals surface area contributed by atoms with E-state index in [1.54, 1.807) is 12.4 Å². The smallest absolute Gasteiger partial charge is 0.174 e. The second-order valence-electron chi connectivity index (χ2n) is 5.63. The molecule has 0 saturated heterocycles. The zero-order chi connectivity index (χ0) is 16.2. The van der Waals surface area contributed by atoms with E-state index in [0.717, 1.165) is 36.0 Å². The maximum atomic E-state index is 4.59. The van der Waals surface area contributed by atoms with Crippen LogP contribution in [-0.2, 0) is 13.0 Å². The highest BCUT2D eigenvalue weighted by atomic mass is 15.3. The minimum Gasteiger partial charge on any atom is -0.365 e. The van der Waals surface area contributed by atoms with Gasteiger partial charge in [0.15, 0.2) is 5.82 Å². The van der Waals surface area contributed by atoms with Crippen molar-refractivity contribution in [3.63, 3.8) is 0 Å². The third kappa shape index (κ3) is 3.56. The number of nitrogens with zero attached hydrogens (tertiary/aromatic N) is 4. The van der Waals surface area contributed by atoms with Gasteiger partial charge in [-0.15, -0.1) is 0 Å². The molecule has 5 nitrogen and oxygen atoms in total. The lowest BCUT2D eigenvalue weighted by atomic mass is 10.1. The summed E-state index contributed by atoms with van der Waals surface area (Å²) in [4.78, 5) is 8.86. The van der Waals surface area contributed by atoms with Crippen molar-refractivity contribution in [2.45, 2.75) is 33.7 Å². The summed E-state index contributed by atoms with van der Waals surface area (Å²) in [7, 11) is 0. The molecule has 0 aliphatic carbocycles. The second-order valence-corrected chi connectivity index (χ2v) is 5.63. The molecule has 0 amide bonds. The van der Waals surface area contributed by atoms with Crippen LogP contribution < -0.4 is 5.32 Å². The number of rotatable bonds is 5. The van der Waals surface area contributed by atoms with Gasteiger partial charge in [-0.1, -0.05) is 31.2 Å². The summed E-state index contributed by atoms with van der Waals surface area (Å²) in [5.41, 5.74) is 4.59. The number of anilines is 1. The molecule has 2 aromatic heterocycles. The van der Waals surface area contributed by atoms with Crippen LogP contribution in [0.5, 0.6) is 0 Å². The quantitative estimate of drug-likeness (QED) is 0.784. The molecule has 3 aromatic rings. The topological polar surface area (TPSA) is 55.6 Å². The molecule has 0 spiro atoms. The average molecular weight is 307 g/mol. The summed E-state index contributed by atoms with van der Waals surface area (Å²) in [6.45, 7) is 6.86. The molecule has 0 bridgehead atoms. The van der Waals surface area contributed by atoms with E-state index in [2.05, 4.69) is 51.6 Å². The molecule has 118 valence electrons. The van der Waals surface area contributed by atoms with E-state index in [0.29, 0.717) is 0 Å². The molecule has 0 aliphatic rings. The van der Waals surface area contributed by atoms with E-state index in [1.807, 2.05) is 24.6 Å². The van der Waals surface area contributed by atoms with Gasteiger partial charge < -0.3 is 5.32 Å². The molecule has 5 heteroatoms. The first-order valence-corrected chi connectivity index (χ1v) is 7.83. The van der Waals surface area contributed by atoms with Crippen molar-refractivity contribution in [1.82, 2.24) is 19.7 Å². The molecule has 0 unspecified atom stereocenters. The lowest BCUT2D eigenvalue weighted by Crippen LogP contribution is -2.07. The second kappa shape index (κ2) is 6.60. The van der Waals surface area contributed by atoms with Crippen LogP contribution in [0.15, 0.2) is 42.7 Å². The van der Waals surface area contributed by atoms with Gasteiger partial charge in [-0.2, -0.15) is 5.10 Å². The number of hydrogen-bond donors (Lipinski definition) is 1. The minimum atomic E-state index is 0.721. The predicted octanol–water partition coefficient (Wildman–Crippen LogP) is 3.45. The highest BCUT2D eigenvalue weighted by Gasteiger charge is 2.06. The van der Waals surface area contributed by atoms with Crippen LogP contribution in [0.3, 0.4) is 0 Å². The highest BCUT2D eigenvalue weighted by molar-refractivity contribution is 5.38. The van der Waals surface area contributed by atoms with Gasteiger partial charge in [0, 0.05) is 12.2 Å². The Labute approximate surface area is 136 Å². The molecular formula is C18H21N5. The standard InChI is InChI=1S/C18H21N5/c1-4-15-5-7-16(8-6-15)10-20-17-11-19-12-18(21-17)23-14(3)9-13(2)22-23/h5-9,11-12H,4,10H2,1-3H3,(H,20,21). The van der Waals surface area contributed by atoms with Crippen LogP contribution in [0.25, 0.3) is 5.82 Å². The van der Waals surface area contributed by atoms with Gasteiger partial charge in [-0.25, -0.2) is 9.67 Å². The van der Waals surface area contributed by atoms with Crippen molar-refractivity contribution < 1.29 is 0 Å². The van der Waals surface area contributed by atoms with Crippen molar-refractivity contribution >= 4 is 5.82 Å². The van der Waals surface area contributed by atoms with Crippen LogP contribution in [0.1, 0.15) is 29.4 Å². The summed E-state index contributed by atoms with van der Waals surface area (Å²) in [5, 5.41) is 7.77. The Morgan fingerprint density at radius 3 is 2.43 bits per heavy atom.